The highest BCUT2D eigenvalue weighted by Gasteiger charge is 2.21. The first-order valence-corrected chi connectivity index (χ1v) is 4.94. The van der Waals surface area contributed by atoms with Gasteiger partial charge >= 0.3 is 5.63 Å². The number of aromatic hydroxyl groups is 2. The monoisotopic (exact) mass is 248 g/mol. The summed E-state index contributed by atoms with van der Waals surface area (Å²) in [5.41, 5.74) is -1.38. The molecule has 1 aromatic heterocycles. The van der Waals surface area contributed by atoms with Gasteiger partial charge in [-0.1, -0.05) is 0 Å². The van der Waals surface area contributed by atoms with Gasteiger partial charge in [0, 0.05) is 6.07 Å². The fourth-order valence-electron chi connectivity index (χ4n) is 1.81. The number of aryl methyl sites for hydroxylation is 1. The molecule has 0 aliphatic rings. The number of aldehydes is 2. The molecule has 1 aromatic carbocycles. The first-order chi connectivity index (χ1) is 8.51. The molecule has 6 heteroatoms. The van der Waals surface area contributed by atoms with Crippen molar-refractivity contribution in [2.75, 3.05) is 0 Å². The number of carbonyl (C=O) groups is 2. The Balaban J connectivity index is 3.18. The lowest BCUT2D eigenvalue weighted by Gasteiger charge is -2.09. The Morgan fingerprint density at radius 3 is 2.28 bits per heavy atom. The van der Waals surface area contributed by atoms with Gasteiger partial charge in [0.25, 0.3) is 0 Å². The van der Waals surface area contributed by atoms with Crippen molar-refractivity contribution in [3.63, 3.8) is 0 Å². The van der Waals surface area contributed by atoms with Crippen molar-refractivity contribution < 1.29 is 24.2 Å². The molecule has 0 bridgehead atoms. The third-order valence-corrected chi connectivity index (χ3v) is 2.64. The molecule has 92 valence electrons. The van der Waals surface area contributed by atoms with Crippen LogP contribution in [0.15, 0.2) is 15.3 Å². The quantitative estimate of drug-likeness (QED) is 0.609. The first-order valence-electron chi connectivity index (χ1n) is 4.94. The number of rotatable bonds is 2. The average molecular weight is 248 g/mol. The highest BCUT2D eigenvalue weighted by Crippen LogP contribution is 2.38. The molecular formula is C12H8O6. The zero-order valence-electron chi connectivity index (χ0n) is 9.26. The number of phenols is 2. The summed E-state index contributed by atoms with van der Waals surface area (Å²) in [4.78, 5) is 33.0. The fraction of sp³-hybridized carbons (Fsp3) is 0.0833. The highest BCUT2D eigenvalue weighted by atomic mass is 16.4. The van der Waals surface area contributed by atoms with Crippen molar-refractivity contribution in [1.29, 1.82) is 0 Å². The van der Waals surface area contributed by atoms with Gasteiger partial charge in [-0.05, 0) is 12.5 Å². The minimum Gasteiger partial charge on any atom is -0.506 e. The zero-order valence-corrected chi connectivity index (χ0v) is 9.26. The Labute approximate surface area is 100 Å². The molecule has 0 atom stereocenters. The van der Waals surface area contributed by atoms with Gasteiger partial charge in [0.15, 0.2) is 18.2 Å². The van der Waals surface area contributed by atoms with Gasteiger partial charge in [-0.25, -0.2) is 4.79 Å². The van der Waals surface area contributed by atoms with Crippen LogP contribution in [0.3, 0.4) is 0 Å². The molecule has 0 saturated carbocycles. The number of phenolic OH excluding ortho intramolecular Hbond substituents is 2. The number of fused-ring (bicyclic) bond motifs is 1. The SMILES string of the molecule is Cc1cc(=O)oc2c(C=O)c(O)c(C=O)c(O)c12. The zero-order chi connectivity index (χ0) is 13.4. The van der Waals surface area contributed by atoms with Crippen molar-refractivity contribution >= 4 is 23.5 Å². The molecule has 2 rings (SSSR count). The van der Waals surface area contributed by atoms with Crippen molar-refractivity contribution in [2.45, 2.75) is 6.92 Å². The van der Waals surface area contributed by atoms with Crippen LogP contribution in [0.4, 0.5) is 0 Å². The summed E-state index contributed by atoms with van der Waals surface area (Å²) < 4.78 is 4.80. The van der Waals surface area contributed by atoms with Crippen molar-refractivity contribution in [1.82, 2.24) is 0 Å². The van der Waals surface area contributed by atoms with E-state index in [0.717, 1.165) is 6.07 Å². The van der Waals surface area contributed by atoms with E-state index in [1.54, 1.807) is 0 Å². The summed E-state index contributed by atoms with van der Waals surface area (Å²) in [5.74, 6) is -1.23. The molecular weight excluding hydrogens is 240 g/mol. The molecule has 0 unspecified atom stereocenters. The van der Waals surface area contributed by atoms with Gasteiger partial charge in [0.1, 0.15) is 17.1 Å². The predicted molar refractivity (Wildman–Crippen MR) is 61.3 cm³/mol. The van der Waals surface area contributed by atoms with Gasteiger partial charge in [-0.3, -0.25) is 9.59 Å². The maximum Gasteiger partial charge on any atom is 0.336 e. The van der Waals surface area contributed by atoms with Crippen LogP contribution in [-0.4, -0.2) is 22.8 Å². The number of benzene rings is 1. The predicted octanol–water partition coefficient (Wildman–Crippen LogP) is 1.14. The molecule has 1 heterocycles. The second-order valence-electron chi connectivity index (χ2n) is 3.71. The van der Waals surface area contributed by atoms with Crippen LogP contribution in [0.5, 0.6) is 11.5 Å². The number of hydrogen-bond donors (Lipinski definition) is 2. The molecule has 18 heavy (non-hydrogen) atoms. The van der Waals surface area contributed by atoms with Crippen LogP contribution in [0.1, 0.15) is 26.3 Å². The summed E-state index contributed by atoms with van der Waals surface area (Å²) in [6, 6.07) is 1.11. The Kier molecular flexibility index (Phi) is 2.63. The van der Waals surface area contributed by atoms with Crippen LogP contribution in [-0.2, 0) is 0 Å². The van der Waals surface area contributed by atoms with E-state index < -0.39 is 22.7 Å². The average Bonchev–Trinajstić information content (AvgIpc) is 2.28. The van der Waals surface area contributed by atoms with E-state index in [0.29, 0.717) is 5.56 Å². The fourth-order valence-corrected chi connectivity index (χ4v) is 1.81. The largest absolute Gasteiger partial charge is 0.506 e. The van der Waals surface area contributed by atoms with Crippen molar-refractivity contribution in [2.24, 2.45) is 0 Å². The number of carbonyl (C=O) groups excluding carboxylic acids is 2. The smallest absolute Gasteiger partial charge is 0.336 e. The summed E-state index contributed by atoms with van der Waals surface area (Å²) >= 11 is 0. The van der Waals surface area contributed by atoms with E-state index in [9.17, 15) is 24.6 Å². The van der Waals surface area contributed by atoms with E-state index in [-0.39, 0.29) is 29.1 Å². The molecule has 0 aliphatic heterocycles. The molecule has 0 spiro atoms. The van der Waals surface area contributed by atoms with E-state index in [2.05, 4.69) is 0 Å². The normalized spacial score (nSPS) is 10.5. The van der Waals surface area contributed by atoms with Crippen molar-refractivity contribution in [3.05, 3.63) is 33.2 Å². The third-order valence-electron chi connectivity index (χ3n) is 2.64. The maximum absolute atomic E-state index is 11.2. The Hall–Kier alpha value is -2.63. The van der Waals surface area contributed by atoms with E-state index >= 15 is 0 Å². The lowest BCUT2D eigenvalue weighted by Crippen LogP contribution is -2.02. The van der Waals surface area contributed by atoms with Crippen LogP contribution >= 0.6 is 0 Å². The molecule has 0 radical (unpaired) electrons. The third kappa shape index (κ3) is 1.46. The minimum atomic E-state index is -0.722. The van der Waals surface area contributed by atoms with E-state index in [1.807, 2.05) is 0 Å². The summed E-state index contributed by atoms with van der Waals surface area (Å²) in [7, 11) is 0. The Bertz CT molecular complexity index is 726. The van der Waals surface area contributed by atoms with Crippen LogP contribution in [0, 0.1) is 6.92 Å². The highest BCUT2D eigenvalue weighted by molar-refractivity contribution is 6.07. The van der Waals surface area contributed by atoms with Gasteiger partial charge in [0.2, 0.25) is 0 Å². The van der Waals surface area contributed by atoms with Gasteiger partial charge in [0.05, 0.1) is 10.9 Å². The van der Waals surface area contributed by atoms with Gasteiger partial charge in [-0.2, -0.15) is 0 Å². The Morgan fingerprint density at radius 2 is 1.72 bits per heavy atom. The second kappa shape index (κ2) is 3.99. The standard InChI is InChI=1S/C12H8O6/c1-5-2-8(15)18-12-7(4-14)10(16)6(3-13)11(17)9(5)12/h2-4,16-17H,1H3. The van der Waals surface area contributed by atoms with E-state index in [1.165, 1.54) is 6.92 Å². The lowest BCUT2D eigenvalue weighted by atomic mass is 10.0. The topological polar surface area (TPSA) is 105 Å². The van der Waals surface area contributed by atoms with Crippen LogP contribution in [0.25, 0.3) is 11.0 Å². The Morgan fingerprint density at radius 1 is 1.11 bits per heavy atom. The van der Waals surface area contributed by atoms with Crippen LogP contribution in [0.2, 0.25) is 0 Å². The maximum atomic E-state index is 11.2. The van der Waals surface area contributed by atoms with Gasteiger partial charge in [-0.15, -0.1) is 0 Å². The second-order valence-corrected chi connectivity index (χ2v) is 3.71. The summed E-state index contributed by atoms with van der Waals surface area (Å²) in [6.07, 6.45) is 0.480. The molecule has 0 saturated heterocycles. The van der Waals surface area contributed by atoms with Gasteiger partial charge < -0.3 is 14.6 Å². The first kappa shape index (κ1) is 11.8. The lowest BCUT2D eigenvalue weighted by molar-refractivity contribution is 0.111. The number of hydrogen-bond acceptors (Lipinski definition) is 6. The molecule has 0 fully saturated rings. The molecule has 0 aliphatic carbocycles. The van der Waals surface area contributed by atoms with Crippen molar-refractivity contribution in [3.8, 4) is 11.5 Å². The van der Waals surface area contributed by atoms with E-state index in [4.69, 9.17) is 4.42 Å². The van der Waals surface area contributed by atoms with Crippen LogP contribution < -0.4 is 5.63 Å². The summed E-state index contributed by atoms with van der Waals surface area (Å²) in [5, 5.41) is 19.6. The molecule has 6 nitrogen and oxygen atoms in total. The summed E-state index contributed by atoms with van der Waals surface area (Å²) in [6.45, 7) is 1.51. The molecule has 2 aromatic rings. The minimum absolute atomic E-state index is 0.0524. The molecule has 0 amide bonds. The molecule has 2 N–H and O–H groups in total.